The Labute approximate surface area is 131 Å². The predicted molar refractivity (Wildman–Crippen MR) is 85.9 cm³/mol. The number of anilines is 1. The van der Waals surface area contributed by atoms with Gasteiger partial charge >= 0.3 is 0 Å². The molecule has 0 heterocycles. The molecule has 0 atom stereocenters. The molecule has 1 saturated carbocycles. The van der Waals surface area contributed by atoms with E-state index in [0.717, 1.165) is 25.7 Å². The maximum atomic E-state index is 12.4. The molecule has 1 aromatic carbocycles. The van der Waals surface area contributed by atoms with Crippen molar-refractivity contribution in [1.29, 1.82) is 0 Å². The molecule has 0 aliphatic heterocycles. The van der Waals surface area contributed by atoms with Crippen molar-refractivity contribution in [2.45, 2.75) is 45.6 Å². The highest BCUT2D eigenvalue weighted by Crippen LogP contribution is 2.35. The van der Waals surface area contributed by atoms with Gasteiger partial charge in [0.15, 0.2) is 0 Å². The van der Waals surface area contributed by atoms with E-state index in [1.807, 2.05) is 0 Å². The summed E-state index contributed by atoms with van der Waals surface area (Å²) in [5.41, 5.74) is 6.95. The zero-order valence-corrected chi connectivity index (χ0v) is 13.6. The van der Waals surface area contributed by atoms with Crippen LogP contribution >= 0.6 is 11.6 Å². The summed E-state index contributed by atoms with van der Waals surface area (Å²) in [6.45, 7) is 4.54. The fraction of sp³-hybridized carbons (Fsp3) is 0.562. The summed E-state index contributed by atoms with van der Waals surface area (Å²) in [4.78, 5) is 12.4. The van der Waals surface area contributed by atoms with E-state index in [9.17, 15) is 4.79 Å². The molecular weight excluding hydrogens is 288 g/mol. The number of ether oxygens (including phenoxy) is 1. The number of carbonyl (C=O) groups is 1. The number of hydrogen-bond donors (Lipinski definition) is 2. The van der Waals surface area contributed by atoms with Crippen molar-refractivity contribution < 1.29 is 9.53 Å². The summed E-state index contributed by atoms with van der Waals surface area (Å²) < 4.78 is 5.23. The lowest BCUT2D eigenvalue weighted by Gasteiger charge is -2.34. The zero-order chi connectivity index (χ0) is 15.6. The van der Waals surface area contributed by atoms with Crippen LogP contribution in [0.25, 0.3) is 0 Å². The molecule has 116 valence electrons. The molecule has 0 radical (unpaired) electrons. The Morgan fingerprint density at radius 1 is 1.38 bits per heavy atom. The quantitative estimate of drug-likeness (QED) is 0.838. The number of carbonyl (C=O) groups excluding carboxylic acids is 1. The molecule has 1 fully saturated rings. The maximum Gasteiger partial charge on any atom is 0.255 e. The molecule has 1 aliphatic rings. The molecule has 4 nitrogen and oxygen atoms in total. The Morgan fingerprint density at radius 3 is 2.57 bits per heavy atom. The number of nitrogens with two attached hydrogens (primary N) is 1. The SMILES string of the molecule is COc1cc(N)c(Cl)cc1C(=O)NC1CCC(C)(C)CC1. The van der Waals surface area contributed by atoms with Crippen molar-refractivity contribution in [1.82, 2.24) is 5.32 Å². The van der Waals surface area contributed by atoms with Crippen molar-refractivity contribution in [3.8, 4) is 5.75 Å². The highest BCUT2D eigenvalue weighted by molar-refractivity contribution is 6.33. The third-order valence-corrected chi connectivity index (χ3v) is 4.57. The van der Waals surface area contributed by atoms with Gasteiger partial charge in [-0.2, -0.15) is 0 Å². The average molecular weight is 311 g/mol. The van der Waals surface area contributed by atoms with Crippen LogP contribution in [0, 0.1) is 5.41 Å². The number of hydrogen-bond acceptors (Lipinski definition) is 3. The average Bonchev–Trinajstić information content (AvgIpc) is 2.43. The molecule has 0 unspecified atom stereocenters. The van der Waals surface area contributed by atoms with Gasteiger partial charge in [0.25, 0.3) is 5.91 Å². The summed E-state index contributed by atoms with van der Waals surface area (Å²) >= 11 is 6.01. The van der Waals surface area contributed by atoms with E-state index in [1.165, 1.54) is 7.11 Å². The van der Waals surface area contributed by atoms with Crippen LogP contribution in [0.15, 0.2) is 12.1 Å². The smallest absolute Gasteiger partial charge is 0.255 e. The monoisotopic (exact) mass is 310 g/mol. The first-order valence-electron chi connectivity index (χ1n) is 7.26. The van der Waals surface area contributed by atoms with E-state index in [2.05, 4.69) is 19.2 Å². The van der Waals surface area contributed by atoms with E-state index in [1.54, 1.807) is 12.1 Å². The molecule has 1 aliphatic carbocycles. The van der Waals surface area contributed by atoms with Gasteiger partial charge in [0.05, 0.1) is 23.4 Å². The Bertz CT molecular complexity index is 533. The third-order valence-electron chi connectivity index (χ3n) is 4.24. The molecule has 2 rings (SSSR count). The lowest BCUT2D eigenvalue weighted by atomic mass is 9.75. The van der Waals surface area contributed by atoms with Crippen LogP contribution < -0.4 is 15.8 Å². The third kappa shape index (κ3) is 3.82. The number of nitrogens with one attached hydrogen (secondary N) is 1. The standard InChI is InChI=1S/C16H23ClN2O2/c1-16(2)6-4-10(5-7-16)19-15(20)11-8-12(17)13(18)9-14(11)21-3/h8-10H,4-7,18H2,1-3H3,(H,19,20). The van der Waals surface area contributed by atoms with Gasteiger partial charge in [0, 0.05) is 12.1 Å². The Kier molecular flexibility index (Phi) is 4.67. The summed E-state index contributed by atoms with van der Waals surface area (Å²) in [6, 6.07) is 3.37. The topological polar surface area (TPSA) is 64.3 Å². The van der Waals surface area contributed by atoms with Gasteiger partial charge in [-0.1, -0.05) is 25.4 Å². The maximum absolute atomic E-state index is 12.4. The summed E-state index contributed by atoms with van der Waals surface area (Å²) in [5.74, 6) is 0.295. The second kappa shape index (κ2) is 6.14. The van der Waals surface area contributed by atoms with Gasteiger partial charge in [-0.25, -0.2) is 0 Å². The highest BCUT2D eigenvalue weighted by Gasteiger charge is 2.28. The lowest BCUT2D eigenvalue weighted by Crippen LogP contribution is -2.39. The number of halogens is 1. The molecule has 1 aromatic rings. The van der Waals surface area contributed by atoms with E-state index in [-0.39, 0.29) is 11.9 Å². The van der Waals surface area contributed by atoms with Gasteiger partial charge in [0.2, 0.25) is 0 Å². The van der Waals surface area contributed by atoms with Crippen molar-refractivity contribution in [3.05, 3.63) is 22.7 Å². The molecule has 0 aromatic heterocycles. The zero-order valence-electron chi connectivity index (χ0n) is 12.8. The van der Waals surface area contributed by atoms with Crippen molar-refractivity contribution in [2.24, 2.45) is 5.41 Å². The first-order valence-corrected chi connectivity index (χ1v) is 7.64. The highest BCUT2D eigenvalue weighted by atomic mass is 35.5. The molecule has 0 saturated heterocycles. The first-order chi connectivity index (χ1) is 9.82. The molecule has 21 heavy (non-hydrogen) atoms. The Hall–Kier alpha value is -1.42. The van der Waals surface area contributed by atoms with Gasteiger partial charge in [-0.15, -0.1) is 0 Å². The normalized spacial score (nSPS) is 18.3. The van der Waals surface area contributed by atoms with Crippen LogP contribution in [-0.2, 0) is 0 Å². The second-order valence-corrected chi connectivity index (χ2v) is 6.89. The second-order valence-electron chi connectivity index (χ2n) is 6.49. The van der Waals surface area contributed by atoms with Gasteiger partial charge in [-0.3, -0.25) is 4.79 Å². The summed E-state index contributed by atoms with van der Waals surface area (Å²) in [7, 11) is 1.52. The number of methoxy groups -OCH3 is 1. The van der Waals surface area contributed by atoms with E-state index >= 15 is 0 Å². The predicted octanol–water partition coefficient (Wildman–Crippen LogP) is 3.63. The van der Waals surface area contributed by atoms with Gasteiger partial charge in [-0.05, 0) is 37.2 Å². The first kappa shape index (κ1) is 16.0. The minimum Gasteiger partial charge on any atom is -0.496 e. The van der Waals surface area contributed by atoms with Crippen LogP contribution in [0.1, 0.15) is 49.9 Å². The van der Waals surface area contributed by atoms with Crippen molar-refractivity contribution >= 4 is 23.2 Å². The van der Waals surface area contributed by atoms with E-state index in [0.29, 0.717) is 27.4 Å². The van der Waals surface area contributed by atoms with E-state index in [4.69, 9.17) is 22.1 Å². The molecule has 5 heteroatoms. The summed E-state index contributed by atoms with van der Waals surface area (Å²) in [5, 5.41) is 3.44. The molecule has 0 spiro atoms. The van der Waals surface area contributed by atoms with Gasteiger partial charge < -0.3 is 15.8 Å². The molecule has 3 N–H and O–H groups in total. The van der Waals surface area contributed by atoms with E-state index < -0.39 is 0 Å². The van der Waals surface area contributed by atoms with Crippen LogP contribution in [0.2, 0.25) is 5.02 Å². The Balaban J connectivity index is 2.09. The number of amides is 1. The van der Waals surface area contributed by atoms with Crippen molar-refractivity contribution in [2.75, 3.05) is 12.8 Å². The van der Waals surface area contributed by atoms with Crippen LogP contribution in [-0.4, -0.2) is 19.1 Å². The fourth-order valence-corrected chi connectivity index (χ4v) is 2.89. The van der Waals surface area contributed by atoms with Gasteiger partial charge in [0.1, 0.15) is 5.75 Å². The van der Waals surface area contributed by atoms with Crippen LogP contribution in [0.5, 0.6) is 5.75 Å². The molecule has 1 amide bonds. The number of rotatable bonds is 3. The molecule has 0 bridgehead atoms. The van der Waals surface area contributed by atoms with Crippen LogP contribution in [0.4, 0.5) is 5.69 Å². The fourth-order valence-electron chi connectivity index (χ4n) is 2.72. The van der Waals surface area contributed by atoms with Crippen molar-refractivity contribution in [3.63, 3.8) is 0 Å². The van der Waals surface area contributed by atoms with Crippen LogP contribution in [0.3, 0.4) is 0 Å². The largest absolute Gasteiger partial charge is 0.496 e. The molecular formula is C16H23ClN2O2. The number of nitrogen functional groups attached to an aromatic ring is 1. The number of benzene rings is 1. The summed E-state index contributed by atoms with van der Waals surface area (Å²) in [6.07, 6.45) is 4.25. The Morgan fingerprint density at radius 2 is 2.00 bits per heavy atom. The minimum absolute atomic E-state index is 0.154. The minimum atomic E-state index is -0.154. The lowest BCUT2D eigenvalue weighted by molar-refractivity contribution is 0.0906.